The summed E-state index contributed by atoms with van der Waals surface area (Å²) in [7, 11) is 2.10. The lowest BCUT2D eigenvalue weighted by Crippen LogP contribution is -2.48. The van der Waals surface area contributed by atoms with Gasteiger partial charge < -0.3 is 29.2 Å². The number of ether oxygens (including phenoxy) is 1. The van der Waals surface area contributed by atoms with E-state index in [4.69, 9.17) is 14.7 Å². The SMILES string of the molecule is Cc1ccc(N2CCN(c3nc(N4CCOCC4)c(F)c(N4CCN(C)CC4)n3)CC2)cc1. The number of rotatable bonds is 4. The van der Waals surface area contributed by atoms with Crippen LogP contribution in [0.3, 0.4) is 0 Å². The summed E-state index contributed by atoms with van der Waals surface area (Å²) >= 11 is 0. The third kappa shape index (κ3) is 4.84. The smallest absolute Gasteiger partial charge is 0.229 e. The molecule has 3 aliphatic rings. The van der Waals surface area contributed by atoms with Crippen LogP contribution in [0.5, 0.6) is 0 Å². The van der Waals surface area contributed by atoms with Gasteiger partial charge in [0, 0.05) is 71.1 Å². The van der Waals surface area contributed by atoms with Crippen LogP contribution >= 0.6 is 0 Å². The molecule has 3 fully saturated rings. The van der Waals surface area contributed by atoms with Gasteiger partial charge in [-0.1, -0.05) is 17.7 Å². The van der Waals surface area contributed by atoms with Gasteiger partial charge >= 0.3 is 0 Å². The minimum absolute atomic E-state index is 0.302. The highest BCUT2D eigenvalue weighted by Crippen LogP contribution is 2.30. The van der Waals surface area contributed by atoms with Gasteiger partial charge in [0.25, 0.3) is 0 Å². The number of aromatic nitrogens is 2. The Morgan fingerprint density at radius 3 is 1.82 bits per heavy atom. The third-order valence-electron chi connectivity index (χ3n) is 6.88. The van der Waals surface area contributed by atoms with Crippen molar-refractivity contribution < 1.29 is 9.13 Å². The minimum Gasteiger partial charge on any atom is -0.378 e. The lowest BCUT2D eigenvalue weighted by molar-refractivity contribution is 0.122. The number of hydrogen-bond donors (Lipinski definition) is 0. The summed E-state index contributed by atoms with van der Waals surface area (Å²) in [4.78, 5) is 20.5. The first-order valence-corrected chi connectivity index (χ1v) is 12.0. The standard InChI is InChI=1S/C24H34FN7O/c1-19-3-5-20(6-4-19)29-11-13-32(14-12-29)24-26-22(30-9-7-28(2)8-10-30)21(25)23(27-24)31-15-17-33-18-16-31/h3-6H,7-18H2,1-2H3. The molecular formula is C24H34FN7O. The molecular weight excluding hydrogens is 421 g/mol. The second-order valence-corrected chi connectivity index (χ2v) is 9.18. The molecule has 0 saturated carbocycles. The first-order chi connectivity index (χ1) is 16.1. The summed E-state index contributed by atoms with van der Waals surface area (Å²) in [6.07, 6.45) is 0. The molecule has 8 nitrogen and oxygen atoms in total. The molecule has 0 N–H and O–H groups in total. The average Bonchev–Trinajstić information content (AvgIpc) is 2.86. The predicted octanol–water partition coefficient (Wildman–Crippen LogP) is 1.84. The fraction of sp³-hybridized carbons (Fsp3) is 0.583. The van der Waals surface area contributed by atoms with Gasteiger partial charge in [-0.2, -0.15) is 14.4 Å². The van der Waals surface area contributed by atoms with Crippen molar-refractivity contribution in [2.45, 2.75) is 6.92 Å². The van der Waals surface area contributed by atoms with Gasteiger partial charge in [-0.3, -0.25) is 0 Å². The van der Waals surface area contributed by atoms with Crippen molar-refractivity contribution in [2.75, 3.05) is 105 Å². The Morgan fingerprint density at radius 2 is 1.21 bits per heavy atom. The number of nitrogens with zero attached hydrogens (tertiary/aromatic N) is 7. The summed E-state index contributed by atoms with van der Waals surface area (Å²) in [5.41, 5.74) is 2.51. The van der Waals surface area contributed by atoms with E-state index in [0.717, 1.165) is 52.4 Å². The van der Waals surface area contributed by atoms with Crippen LogP contribution in [0.25, 0.3) is 0 Å². The average molecular weight is 456 g/mol. The van der Waals surface area contributed by atoms with Crippen molar-refractivity contribution in [3.8, 4) is 0 Å². The van der Waals surface area contributed by atoms with Gasteiger partial charge in [0.2, 0.25) is 11.8 Å². The number of aryl methyl sites for hydroxylation is 1. The van der Waals surface area contributed by atoms with Crippen LogP contribution < -0.4 is 19.6 Å². The quantitative estimate of drug-likeness (QED) is 0.693. The summed E-state index contributed by atoms with van der Waals surface area (Å²) in [5, 5.41) is 0. The molecule has 0 bridgehead atoms. The van der Waals surface area contributed by atoms with Gasteiger partial charge in [-0.25, -0.2) is 0 Å². The third-order valence-corrected chi connectivity index (χ3v) is 6.88. The molecule has 0 radical (unpaired) electrons. The van der Waals surface area contributed by atoms with E-state index in [1.165, 1.54) is 11.3 Å². The maximum atomic E-state index is 15.7. The molecule has 4 heterocycles. The van der Waals surface area contributed by atoms with Crippen molar-refractivity contribution in [1.82, 2.24) is 14.9 Å². The first-order valence-electron chi connectivity index (χ1n) is 12.0. The zero-order chi connectivity index (χ0) is 22.8. The molecule has 0 aliphatic carbocycles. The summed E-state index contributed by atoms with van der Waals surface area (Å²) in [5.74, 6) is 1.19. The van der Waals surface area contributed by atoms with Crippen LogP contribution in [0.1, 0.15) is 5.56 Å². The number of halogens is 1. The number of piperazine rings is 2. The highest BCUT2D eigenvalue weighted by atomic mass is 19.1. The largest absolute Gasteiger partial charge is 0.378 e. The second-order valence-electron chi connectivity index (χ2n) is 9.18. The van der Waals surface area contributed by atoms with Gasteiger partial charge in [-0.15, -0.1) is 0 Å². The summed E-state index contributed by atoms with van der Waals surface area (Å²) < 4.78 is 21.2. The maximum Gasteiger partial charge on any atom is 0.229 e. The second kappa shape index (κ2) is 9.69. The monoisotopic (exact) mass is 455 g/mol. The molecule has 178 valence electrons. The van der Waals surface area contributed by atoms with Crippen LogP contribution in [0.4, 0.5) is 27.7 Å². The number of anilines is 4. The summed E-state index contributed by atoms with van der Waals surface area (Å²) in [6.45, 7) is 11.3. The molecule has 0 unspecified atom stereocenters. The zero-order valence-electron chi connectivity index (χ0n) is 19.7. The highest BCUT2D eigenvalue weighted by molar-refractivity contribution is 5.58. The van der Waals surface area contributed by atoms with Crippen LogP contribution in [0, 0.1) is 12.7 Å². The van der Waals surface area contributed by atoms with E-state index in [-0.39, 0.29) is 5.82 Å². The molecule has 1 aromatic carbocycles. The van der Waals surface area contributed by atoms with Crippen LogP contribution in [0.15, 0.2) is 24.3 Å². The fourth-order valence-electron chi connectivity index (χ4n) is 4.69. The van der Waals surface area contributed by atoms with E-state index in [1.54, 1.807) is 0 Å². The molecule has 3 saturated heterocycles. The first kappa shape index (κ1) is 22.2. The van der Waals surface area contributed by atoms with Crippen molar-refractivity contribution in [3.63, 3.8) is 0 Å². The normalized spacial score (nSPS) is 20.5. The van der Waals surface area contributed by atoms with E-state index in [9.17, 15) is 0 Å². The van der Waals surface area contributed by atoms with Crippen LogP contribution in [0.2, 0.25) is 0 Å². The Bertz CT molecular complexity index is 935. The van der Waals surface area contributed by atoms with Gasteiger partial charge in [0.05, 0.1) is 13.2 Å². The van der Waals surface area contributed by atoms with E-state index in [1.807, 2.05) is 4.90 Å². The lowest BCUT2D eigenvalue weighted by atomic mass is 10.2. The molecule has 0 amide bonds. The molecule has 9 heteroatoms. The van der Waals surface area contributed by atoms with E-state index in [0.29, 0.717) is 43.9 Å². The topological polar surface area (TPSA) is 51.2 Å². The Hall–Kier alpha value is -2.65. The maximum absolute atomic E-state index is 15.7. The lowest BCUT2D eigenvalue weighted by Gasteiger charge is -2.38. The number of morpholine rings is 1. The van der Waals surface area contributed by atoms with Gasteiger partial charge in [-0.05, 0) is 26.1 Å². The highest BCUT2D eigenvalue weighted by Gasteiger charge is 2.29. The number of hydrogen-bond acceptors (Lipinski definition) is 8. The van der Waals surface area contributed by atoms with E-state index in [2.05, 4.69) is 57.8 Å². The van der Waals surface area contributed by atoms with Crippen molar-refractivity contribution in [3.05, 3.63) is 35.6 Å². The number of likely N-dealkylation sites (N-methyl/N-ethyl adjacent to an activating group) is 1. The molecule has 0 spiro atoms. The Balaban J connectivity index is 1.39. The van der Waals surface area contributed by atoms with Crippen LogP contribution in [-0.4, -0.2) is 101 Å². The minimum atomic E-state index is -0.302. The van der Waals surface area contributed by atoms with Crippen molar-refractivity contribution in [1.29, 1.82) is 0 Å². The molecule has 3 aliphatic heterocycles. The van der Waals surface area contributed by atoms with Gasteiger partial charge in [0.1, 0.15) is 0 Å². The molecule has 2 aromatic rings. The fourth-order valence-corrected chi connectivity index (χ4v) is 4.69. The van der Waals surface area contributed by atoms with E-state index >= 15 is 4.39 Å². The summed E-state index contributed by atoms with van der Waals surface area (Å²) in [6, 6.07) is 8.67. The zero-order valence-corrected chi connectivity index (χ0v) is 19.7. The Morgan fingerprint density at radius 1 is 0.697 bits per heavy atom. The van der Waals surface area contributed by atoms with Crippen molar-refractivity contribution >= 4 is 23.3 Å². The molecule has 5 rings (SSSR count). The predicted molar refractivity (Wildman–Crippen MR) is 130 cm³/mol. The van der Waals surface area contributed by atoms with Crippen LogP contribution in [-0.2, 0) is 4.74 Å². The molecule has 1 aromatic heterocycles. The number of benzene rings is 1. The van der Waals surface area contributed by atoms with E-state index < -0.39 is 0 Å². The van der Waals surface area contributed by atoms with Crippen molar-refractivity contribution in [2.24, 2.45) is 0 Å². The molecule has 0 atom stereocenters. The Kier molecular flexibility index (Phi) is 6.50. The molecule has 33 heavy (non-hydrogen) atoms. The Labute approximate surface area is 195 Å². The van der Waals surface area contributed by atoms with Gasteiger partial charge in [0.15, 0.2) is 11.6 Å².